The summed E-state index contributed by atoms with van der Waals surface area (Å²) in [7, 11) is 0. The molecule has 1 aromatic heterocycles. The molecule has 2 aromatic carbocycles. The first kappa shape index (κ1) is 13.7. The number of halogens is 2. The monoisotopic (exact) mass is 344 g/mol. The molecular formula is C16H10BrFN2O. The van der Waals surface area contributed by atoms with Crippen molar-refractivity contribution in [3.63, 3.8) is 0 Å². The van der Waals surface area contributed by atoms with E-state index in [1.165, 1.54) is 12.1 Å². The molecule has 0 spiro atoms. The van der Waals surface area contributed by atoms with E-state index in [0.717, 1.165) is 5.69 Å². The molecule has 0 saturated heterocycles. The minimum absolute atomic E-state index is 0.277. The molecule has 0 aliphatic heterocycles. The van der Waals surface area contributed by atoms with Gasteiger partial charge in [0.2, 0.25) is 5.78 Å². The Morgan fingerprint density at radius 3 is 2.57 bits per heavy atom. The zero-order valence-electron chi connectivity index (χ0n) is 10.8. The highest BCUT2D eigenvalue weighted by molar-refractivity contribution is 9.10. The van der Waals surface area contributed by atoms with Crippen LogP contribution in [0.15, 0.2) is 65.3 Å². The molecule has 0 aliphatic carbocycles. The summed E-state index contributed by atoms with van der Waals surface area (Å²) >= 11 is 3.19. The van der Waals surface area contributed by atoms with Crippen molar-refractivity contribution in [2.24, 2.45) is 0 Å². The van der Waals surface area contributed by atoms with Crippen molar-refractivity contribution < 1.29 is 9.18 Å². The van der Waals surface area contributed by atoms with Gasteiger partial charge in [0.05, 0.1) is 11.9 Å². The van der Waals surface area contributed by atoms with Crippen LogP contribution in [-0.4, -0.2) is 15.6 Å². The molecule has 1 heterocycles. The second kappa shape index (κ2) is 5.61. The van der Waals surface area contributed by atoms with Crippen LogP contribution in [0.3, 0.4) is 0 Å². The third-order valence-corrected chi connectivity index (χ3v) is 3.46. The Bertz CT molecular complexity index is 779. The second-order valence-electron chi connectivity index (χ2n) is 4.45. The predicted octanol–water partition coefficient (Wildman–Crippen LogP) is 4.00. The number of rotatable bonds is 3. The van der Waals surface area contributed by atoms with Crippen molar-refractivity contribution >= 4 is 21.7 Å². The van der Waals surface area contributed by atoms with E-state index in [-0.39, 0.29) is 11.3 Å². The summed E-state index contributed by atoms with van der Waals surface area (Å²) in [6, 6.07) is 15.1. The topological polar surface area (TPSA) is 34.9 Å². The standard InChI is InChI=1S/C16H10BrFN2O/c17-12-8-11(9-13(18)10-12)16(21)15-6-7-19-20(15)14-4-2-1-3-5-14/h1-10H. The minimum Gasteiger partial charge on any atom is -0.287 e. The molecule has 0 N–H and O–H groups in total. The zero-order chi connectivity index (χ0) is 14.8. The lowest BCUT2D eigenvalue weighted by Crippen LogP contribution is -2.10. The zero-order valence-corrected chi connectivity index (χ0v) is 12.4. The van der Waals surface area contributed by atoms with E-state index in [9.17, 15) is 9.18 Å². The van der Waals surface area contributed by atoms with Gasteiger partial charge in [0.25, 0.3) is 0 Å². The molecule has 3 nitrogen and oxygen atoms in total. The molecule has 104 valence electrons. The molecule has 0 amide bonds. The van der Waals surface area contributed by atoms with Crippen molar-refractivity contribution in [3.05, 3.63) is 82.3 Å². The van der Waals surface area contributed by atoms with Gasteiger partial charge in [-0.25, -0.2) is 9.07 Å². The number of carbonyl (C=O) groups is 1. The van der Waals surface area contributed by atoms with Crippen LogP contribution in [0.2, 0.25) is 0 Å². The maximum Gasteiger partial charge on any atom is 0.211 e. The number of aromatic nitrogens is 2. The number of nitrogens with zero attached hydrogens (tertiary/aromatic N) is 2. The molecule has 3 rings (SSSR count). The highest BCUT2D eigenvalue weighted by Crippen LogP contribution is 2.19. The van der Waals surface area contributed by atoms with Crippen LogP contribution in [0, 0.1) is 5.82 Å². The lowest BCUT2D eigenvalue weighted by molar-refractivity contribution is 0.103. The summed E-state index contributed by atoms with van der Waals surface area (Å²) in [5.41, 5.74) is 1.44. The average Bonchev–Trinajstić information content (AvgIpc) is 2.95. The van der Waals surface area contributed by atoms with Gasteiger partial charge in [-0.3, -0.25) is 4.79 Å². The van der Waals surface area contributed by atoms with Crippen molar-refractivity contribution in [1.29, 1.82) is 0 Å². The van der Waals surface area contributed by atoms with Gasteiger partial charge < -0.3 is 0 Å². The predicted molar refractivity (Wildman–Crippen MR) is 81.1 cm³/mol. The smallest absolute Gasteiger partial charge is 0.211 e. The van der Waals surface area contributed by atoms with Crippen LogP contribution in [0.5, 0.6) is 0 Å². The largest absolute Gasteiger partial charge is 0.287 e. The van der Waals surface area contributed by atoms with Crippen LogP contribution in [0.25, 0.3) is 5.69 Å². The van der Waals surface area contributed by atoms with Crippen LogP contribution < -0.4 is 0 Å². The highest BCUT2D eigenvalue weighted by atomic mass is 79.9. The highest BCUT2D eigenvalue weighted by Gasteiger charge is 2.16. The van der Waals surface area contributed by atoms with E-state index in [1.54, 1.807) is 23.0 Å². The Hall–Kier alpha value is -2.27. The molecular weight excluding hydrogens is 335 g/mol. The lowest BCUT2D eigenvalue weighted by Gasteiger charge is -2.07. The van der Waals surface area contributed by atoms with Gasteiger partial charge in [-0.05, 0) is 36.4 Å². The fourth-order valence-electron chi connectivity index (χ4n) is 2.08. The maximum atomic E-state index is 13.4. The molecule has 0 fully saturated rings. The number of hydrogen-bond donors (Lipinski definition) is 0. The van der Waals surface area contributed by atoms with Crippen LogP contribution >= 0.6 is 15.9 Å². The SMILES string of the molecule is O=C(c1cc(F)cc(Br)c1)c1ccnn1-c1ccccc1. The van der Waals surface area contributed by atoms with Gasteiger partial charge in [-0.2, -0.15) is 5.10 Å². The quantitative estimate of drug-likeness (QED) is 0.673. The van der Waals surface area contributed by atoms with Gasteiger partial charge in [0, 0.05) is 10.0 Å². The first-order chi connectivity index (χ1) is 10.1. The van der Waals surface area contributed by atoms with Crippen molar-refractivity contribution in [2.75, 3.05) is 0 Å². The van der Waals surface area contributed by atoms with Crippen LogP contribution in [-0.2, 0) is 0 Å². The Kier molecular flexibility index (Phi) is 3.66. The van der Waals surface area contributed by atoms with Crippen molar-refractivity contribution in [2.45, 2.75) is 0 Å². The van der Waals surface area contributed by atoms with Crippen LogP contribution in [0.4, 0.5) is 4.39 Å². The number of hydrogen-bond acceptors (Lipinski definition) is 2. The van der Waals surface area contributed by atoms with Gasteiger partial charge in [-0.1, -0.05) is 34.1 Å². The summed E-state index contributed by atoms with van der Waals surface area (Å²) < 4.78 is 15.5. The molecule has 0 aliphatic rings. The number of ketones is 1. The lowest BCUT2D eigenvalue weighted by atomic mass is 10.1. The Labute approximate surface area is 129 Å². The van der Waals surface area contributed by atoms with E-state index in [2.05, 4.69) is 21.0 Å². The van der Waals surface area contributed by atoms with E-state index in [0.29, 0.717) is 10.2 Å². The Balaban J connectivity index is 2.06. The summed E-state index contributed by atoms with van der Waals surface area (Å²) in [6.07, 6.45) is 1.55. The van der Waals surface area contributed by atoms with Gasteiger partial charge in [0.1, 0.15) is 11.5 Å². The second-order valence-corrected chi connectivity index (χ2v) is 5.37. The minimum atomic E-state index is -0.460. The fourth-order valence-corrected chi connectivity index (χ4v) is 2.55. The summed E-state index contributed by atoms with van der Waals surface area (Å²) in [5, 5.41) is 4.17. The number of benzene rings is 2. The Morgan fingerprint density at radius 1 is 1.10 bits per heavy atom. The van der Waals surface area contributed by atoms with Crippen molar-refractivity contribution in [1.82, 2.24) is 9.78 Å². The first-order valence-corrected chi connectivity index (χ1v) is 7.05. The normalized spacial score (nSPS) is 10.6. The molecule has 0 bridgehead atoms. The molecule has 0 radical (unpaired) electrons. The average molecular weight is 345 g/mol. The van der Waals surface area contributed by atoms with Gasteiger partial charge in [0.15, 0.2) is 0 Å². The summed E-state index contributed by atoms with van der Waals surface area (Å²) in [4.78, 5) is 12.6. The van der Waals surface area contributed by atoms with Gasteiger partial charge in [-0.15, -0.1) is 0 Å². The van der Waals surface area contributed by atoms with E-state index < -0.39 is 5.82 Å². The summed E-state index contributed by atoms with van der Waals surface area (Å²) in [6.45, 7) is 0. The van der Waals surface area contributed by atoms with E-state index in [1.807, 2.05) is 30.3 Å². The number of carbonyl (C=O) groups excluding carboxylic acids is 1. The third-order valence-electron chi connectivity index (χ3n) is 3.00. The summed E-state index contributed by atoms with van der Waals surface area (Å²) in [5.74, 6) is -0.741. The van der Waals surface area contributed by atoms with Crippen LogP contribution in [0.1, 0.15) is 16.1 Å². The number of para-hydroxylation sites is 1. The van der Waals surface area contributed by atoms with Crippen molar-refractivity contribution in [3.8, 4) is 5.69 Å². The fraction of sp³-hybridized carbons (Fsp3) is 0. The molecule has 5 heteroatoms. The van der Waals surface area contributed by atoms with E-state index in [4.69, 9.17) is 0 Å². The van der Waals surface area contributed by atoms with Gasteiger partial charge >= 0.3 is 0 Å². The van der Waals surface area contributed by atoms with E-state index >= 15 is 0 Å². The first-order valence-electron chi connectivity index (χ1n) is 6.25. The molecule has 0 unspecified atom stereocenters. The Morgan fingerprint density at radius 2 is 1.86 bits per heavy atom. The molecule has 0 saturated carbocycles. The third kappa shape index (κ3) is 2.78. The molecule has 21 heavy (non-hydrogen) atoms. The maximum absolute atomic E-state index is 13.4. The molecule has 3 aromatic rings. The molecule has 0 atom stereocenters.